The van der Waals surface area contributed by atoms with Crippen molar-refractivity contribution in [2.45, 2.75) is 12.3 Å². The van der Waals surface area contributed by atoms with E-state index in [0.717, 1.165) is 12.1 Å². The standard InChI is InChI=1S/C13H8Cl2F3NO/c14-9-3-1-7(5-10(9)15)12(20)11-4-2-8(6-19-11)13(16,17)18/h1-6,12,20H. The average molecular weight is 322 g/mol. The first kappa shape index (κ1) is 15.1. The summed E-state index contributed by atoms with van der Waals surface area (Å²) in [6, 6.07) is 6.44. The monoisotopic (exact) mass is 321 g/mol. The number of aliphatic hydroxyl groups is 1. The predicted octanol–water partition coefficient (Wildman–Crippen LogP) is 4.49. The molecule has 0 radical (unpaired) electrons. The van der Waals surface area contributed by atoms with Gasteiger partial charge in [-0.2, -0.15) is 13.2 Å². The van der Waals surface area contributed by atoms with Crippen molar-refractivity contribution in [2.75, 3.05) is 0 Å². The van der Waals surface area contributed by atoms with E-state index >= 15 is 0 Å². The summed E-state index contributed by atoms with van der Waals surface area (Å²) in [5, 5.41) is 10.6. The van der Waals surface area contributed by atoms with E-state index < -0.39 is 17.8 Å². The van der Waals surface area contributed by atoms with Crippen molar-refractivity contribution in [3.05, 3.63) is 63.4 Å². The molecule has 1 unspecified atom stereocenters. The first-order valence-corrected chi connectivity index (χ1v) is 6.21. The molecule has 0 saturated heterocycles. The minimum absolute atomic E-state index is 0.0939. The van der Waals surface area contributed by atoms with Crippen molar-refractivity contribution in [2.24, 2.45) is 0 Å². The van der Waals surface area contributed by atoms with Gasteiger partial charge in [0.2, 0.25) is 0 Å². The number of aliphatic hydroxyl groups excluding tert-OH is 1. The summed E-state index contributed by atoms with van der Waals surface area (Å²) in [6.45, 7) is 0. The summed E-state index contributed by atoms with van der Waals surface area (Å²) in [5.74, 6) is 0. The maximum absolute atomic E-state index is 12.4. The largest absolute Gasteiger partial charge is 0.417 e. The lowest BCUT2D eigenvalue weighted by molar-refractivity contribution is -0.137. The summed E-state index contributed by atoms with van der Waals surface area (Å²) in [6.07, 6.45) is -4.96. The Morgan fingerprint density at radius 3 is 2.25 bits per heavy atom. The number of aromatic nitrogens is 1. The van der Waals surface area contributed by atoms with Crippen LogP contribution in [0.15, 0.2) is 36.5 Å². The van der Waals surface area contributed by atoms with Crippen molar-refractivity contribution >= 4 is 23.2 Å². The molecule has 1 atom stereocenters. The molecule has 106 valence electrons. The van der Waals surface area contributed by atoms with Crippen molar-refractivity contribution in [3.8, 4) is 0 Å². The van der Waals surface area contributed by atoms with E-state index in [0.29, 0.717) is 16.8 Å². The van der Waals surface area contributed by atoms with Crippen LogP contribution in [0.4, 0.5) is 13.2 Å². The fraction of sp³-hybridized carbons (Fsp3) is 0.154. The second-order valence-corrected chi connectivity index (χ2v) is 4.86. The number of pyridine rings is 1. The molecule has 0 aliphatic rings. The van der Waals surface area contributed by atoms with Gasteiger partial charge in [0.15, 0.2) is 0 Å². The highest BCUT2D eigenvalue weighted by molar-refractivity contribution is 6.42. The molecule has 0 aliphatic carbocycles. The Morgan fingerprint density at radius 1 is 1.05 bits per heavy atom. The van der Waals surface area contributed by atoms with Gasteiger partial charge in [-0.25, -0.2) is 0 Å². The molecule has 0 amide bonds. The maximum Gasteiger partial charge on any atom is 0.417 e. The fourth-order valence-electron chi connectivity index (χ4n) is 1.59. The molecule has 1 aromatic heterocycles. The van der Waals surface area contributed by atoms with E-state index in [9.17, 15) is 18.3 Å². The lowest BCUT2D eigenvalue weighted by atomic mass is 10.1. The number of benzene rings is 1. The molecular formula is C13H8Cl2F3NO. The maximum atomic E-state index is 12.4. The molecular weight excluding hydrogens is 314 g/mol. The van der Waals surface area contributed by atoms with Gasteiger partial charge in [-0.1, -0.05) is 29.3 Å². The Hall–Kier alpha value is -1.30. The van der Waals surface area contributed by atoms with Gasteiger partial charge in [-0.05, 0) is 29.8 Å². The molecule has 0 spiro atoms. The second kappa shape index (κ2) is 5.60. The highest BCUT2D eigenvalue weighted by atomic mass is 35.5. The van der Waals surface area contributed by atoms with E-state index in [4.69, 9.17) is 23.2 Å². The summed E-state index contributed by atoms with van der Waals surface area (Å²) >= 11 is 11.6. The number of nitrogens with zero attached hydrogens (tertiary/aromatic N) is 1. The van der Waals surface area contributed by atoms with Crippen LogP contribution < -0.4 is 0 Å². The molecule has 2 nitrogen and oxygen atoms in total. The molecule has 2 rings (SSSR count). The minimum atomic E-state index is -4.46. The first-order valence-electron chi connectivity index (χ1n) is 5.45. The van der Waals surface area contributed by atoms with Crippen LogP contribution in [-0.4, -0.2) is 10.1 Å². The quantitative estimate of drug-likeness (QED) is 0.884. The smallest absolute Gasteiger partial charge is 0.382 e. The Morgan fingerprint density at radius 2 is 1.75 bits per heavy atom. The summed E-state index contributed by atoms with van der Waals surface area (Å²) < 4.78 is 37.2. The lowest BCUT2D eigenvalue weighted by Crippen LogP contribution is -2.08. The van der Waals surface area contributed by atoms with Gasteiger partial charge >= 0.3 is 6.18 Å². The van der Waals surface area contributed by atoms with Crippen LogP contribution in [0.25, 0.3) is 0 Å². The molecule has 0 saturated carbocycles. The van der Waals surface area contributed by atoms with Gasteiger partial charge in [0.1, 0.15) is 6.10 Å². The van der Waals surface area contributed by atoms with Crippen molar-refractivity contribution in [1.29, 1.82) is 0 Å². The van der Waals surface area contributed by atoms with Crippen LogP contribution in [-0.2, 0) is 6.18 Å². The highest BCUT2D eigenvalue weighted by Gasteiger charge is 2.31. The molecule has 0 bridgehead atoms. The number of alkyl halides is 3. The van der Waals surface area contributed by atoms with Gasteiger partial charge in [-0.3, -0.25) is 4.98 Å². The SMILES string of the molecule is OC(c1ccc(Cl)c(Cl)c1)c1ccc(C(F)(F)F)cn1. The van der Waals surface area contributed by atoms with Gasteiger partial charge in [-0.15, -0.1) is 0 Å². The van der Waals surface area contributed by atoms with Crippen molar-refractivity contribution < 1.29 is 18.3 Å². The highest BCUT2D eigenvalue weighted by Crippen LogP contribution is 2.31. The third-order valence-corrected chi connectivity index (χ3v) is 3.39. The molecule has 1 aromatic carbocycles. The number of halogens is 5. The van der Waals surface area contributed by atoms with Gasteiger partial charge in [0.05, 0.1) is 21.3 Å². The zero-order valence-corrected chi connectivity index (χ0v) is 11.3. The van der Waals surface area contributed by atoms with E-state index in [1.807, 2.05) is 0 Å². The van der Waals surface area contributed by atoms with Crippen molar-refractivity contribution in [1.82, 2.24) is 4.98 Å². The van der Waals surface area contributed by atoms with Gasteiger partial charge in [0.25, 0.3) is 0 Å². The minimum Gasteiger partial charge on any atom is -0.382 e. The normalized spacial score (nSPS) is 13.3. The molecule has 1 heterocycles. The van der Waals surface area contributed by atoms with E-state index in [-0.39, 0.29) is 10.7 Å². The molecule has 1 N–H and O–H groups in total. The van der Waals surface area contributed by atoms with Crippen LogP contribution >= 0.6 is 23.2 Å². The molecule has 0 fully saturated rings. The molecule has 7 heteroatoms. The third-order valence-electron chi connectivity index (χ3n) is 2.65. The second-order valence-electron chi connectivity index (χ2n) is 4.05. The Balaban J connectivity index is 2.29. The van der Waals surface area contributed by atoms with E-state index in [1.165, 1.54) is 18.2 Å². The topological polar surface area (TPSA) is 33.1 Å². The summed E-state index contributed by atoms with van der Waals surface area (Å²) in [5.41, 5.74) is -0.384. The van der Waals surface area contributed by atoms with Crippen LogP contribution in [0.5, 0.6) is 0 Å². The predicted molar refractivity (Wildman–Crippen MR) is 69.8 cm³/mol. The molecule has 0 aliphatic heterocycles. The first-order chi connectivity index (χ1) is 9.29. The van der Waals surface area contributed by atoms with Crippen LogP contribution in [0.2, 0.25) is 10.0 Å². The van der Waals surface area contributed by atoms with Gasteiger partial charge < -0.3 is 5.11 Å². The van der Waals surface area contributed by atoms with Crippen molar-refractivity contribution in [3.63, 3.8) is 0 Å². The van der Waals surface area contributed by atoms with Crippen LogP contribution in [0.3, 0.4) is 0 Å². The number of hydrogen-bond acceptors (Lipinski definition) is 2. The zero-order valence-electron chi connectivity index (χ0n) is 9.83. The summed E-state index contributed by atoms with van der Waals surface area (Å²) in [7, 11) is 0. The lowest BCUT2D eigenvalue weighted by Gasteiger charge is -2.12. The van der Waals surface area contributed by atoms with Gasteiger partial charge in [0, 0.05) is 6.20 Å². The number of hydrogen-bond donors (Lipinski definition) is 1. The van der Waals surface area contributed by atoms with E-state index in [1.54, 1.807) is 0 Å². The number of rotatable bonds is 2. The Kier molecular flexibility index (Phi) is 4.22. The Bertz CT molecular complexity index is 614. The van der Waals surface area contributed by atoms with Crippen LogP contribution in [0, 0.1) is 0 Å². The zero-order chi connectivity index (χ0) is 14.9. The summed E-state index contributed by atoms with van der Waals surface area (Å²) in [4.78, 5) is 3.63. The molecule has 2 aromatic rings. The van der Waals surface area contributed by atoms with E-state index in [2.05, 4.69) is 4.98 Å². The Labute approximate surface area is 122 Å². The fourth-order valence-corrected chi connectivity index (χ4v) is 1.89. The van der Waals surface area contributed by atoms with Crippen LogP contribution in [0.1, 0.15) is 22.9 Å². The third kappa shape index (κ3) is 3.23. The average Bonchev–Trinajstić information content (AvgIpc) is 2.40. The molecule has 20 heavy (non-hydrogen) atoms.